The molecule has 0 saturated carbocycles. The molecule has 5 nitrogen and oxygen atoms in total. The monoisotopic (exact) mass is 356 g/mol. The Morgan fingerprint density at radius 1 is 1.26 bits per heavy atom. The maximum Gasteiger partial charge on any atom is 0.282 e. The summed E-state index contributed by atoms with van der Waals surface area (Å²) in [5.41, 5.74) is -0.0824. The number of nitro benzene ring substituents is 1. The molecule has 0 aliphatic rings. The zero-order valence-corrected chi connectivity index (χ0v) is 13.4. The van der Waals surface area contributed by atoms with Gasteiger partial charge < -0.3 is 5.32 Å². The van der Waals surface area contributed by atoms with Crippen LogP contribution in [0.5, 0.6) is 0 Å². The minimum atomic E-state index is -0.669. The number of halogens is 3. The zero-order chi connectivity index (χ0) is 17.1. The van der Waals surface area contributed by atoms with Crippen molar-refractivity contribution in [3.8, 4) is 0 Å². The Morgan fingerprint density at radius 2 is 1.91 bits per heavy atom. The quantitative estimate of drug-likeness (QED) is 0.496. The lowest BCUT2D eigenvalue weighted by Crippen LogP contribution is -2.27. The van der Waals surface area contributed by atoms with E-state index in [1.54, 1.807) is 6.92 Å². The van der Waals surface area contributed by atoms with Crippen molar-refractivity contribution in [2.75, 3.05) is 0 Å². The molecule has 0 radical (unpaired) electrons. The van der Waals surface area contributed by atoms with Gasteiger partial charge in [0.25, 0.3) is 11.6 Å². The first-order chi connectivity index (χ1) is 10.8. The molecule has 2 aromatic rings. The molecule has 120 valence electrons. The molecule has 1 atom stereocenters. The molecule has 1 amide bonds. The van der Waals surface area contributed by atoms with E-state index in [0.717, 1.165) is 6.07 Å². The summed E-state index contributed by atoms with van der Waals surface area (Å²) in [6, 6.07) is 7.24. The highest BCUT2D eigenvalue weighted by Gasteiger charge is 2.22. The molecule has 0 bridgehead atoms. The van der Waals surface area contributed by atoms with Crippen molar-refractivity contribution in [1.82, 2.24) is 5.32 Å². The van der Waals surface area contributed by atoms with Gasteiger partial charge in [-0.25, -0.2) is 4.39 Å². The Balaban J connectivity index is 2.27. The minimum Gasteiger partial charge on any atom is -0.345 e. The lowest BCUT2D eigenvalue weighted by Gasteiger charge is -2.16. The fourth-order valence-corrected chi connectivity index (χ4v) is 2.59. The van der Waals surface area contributed by atoms with Gasteiger partial charge in [0.15, 0.2) is 0 Å². The Bertz CT molecular complexity index is 783. The molecular formula is C15H11Cl2FN2O3. The number of hydrogen-bond acceptors (Lipinski definition) is 3. The summed E-state index contributed by atoms with van der Waals surface area (Å²) in [6.07, 6.45) is 0. The molecule has 0 aliphatic carbocycles. The number of hydrogen-bond donors (Lipinski definition) is 1. The molecule has 0 spiro atoms. The van der Waals surface area contributed by atoms with Crippen molar-refractivity contribution in [1.29, 1.82) is 0 Å². The number of nitrogens with one attached hydrogen (secondary N) is 1. The molecule has 2 aromatic carbocycles. The van der Waals surface area contributed by atoms with Crippen LogP contribution in [0.4, 0.5) is 10.1 Å². The van der Waals surface area contributed by atoms with Gasteiger partial charge in [-0.15, -0.1) is 0 Å². The van der Waals surface area contributed by atoms with E-state index in [2.05, 4.69) is 5.32 Å². The van der Waals surface area contributed by atoms with Crippen molar-refractivity contribution in [2.45, 2.75) is 13.0 Å². The number of para-hydroxylation sites is 1. The number of rotatable bonds is 4. The van der Waals surface area contributed by atoms with Gasteiger partial charge in [0, 0.05) is 11.1 Å². The first-order valence-electron chi connectivity index (χ1n) is 6.50. The summed E-state index contributed by atoms with van der Waals surface area (Å²) < 4.78 is 13.6. The molecule has 0 heterocycles. The van der Waals surface area contributed by atoms with Gasteiger partial charge in [-0.3, -0.25) is 14.9 Å². The highest BCUT2D eigenvalue weighted by Crippen LogP contribution is 2.29. The summed E-state index contributed by atoms with van der Waals surface area (Å²) in [5, 5.41) is 13.6. The van der Waals surface area contributed by atoms with Crippen LogP contribution in [-0.4, -0.2) is 10.8 Å². The third kappa shape index (κ3) is 3.78. The van der Waals surface area contributed by atoms with E-state index < -0.39 is 22.7 Å². The van der Waals surface area contributed by atoms with Crippen molar-refractivity contribution < 1.29 is 14.1 Å². The van der Waals surface area contributed by atoms with Crippen LogP contribution >= 0.6 is 23.2 Å². The molecular weight excluding hydrogens is 346 g/mol. The van der Waals surface area contributed by atoms with Gasteiger partial charge in [-0.1, -0.05) is 35.3 Å². The molecule has 8 heteroatoms. The molecule has 0 aromatic heterocycles. The molecule has 0 aliphatic heterocycles. The van der Waals surface area contributed by atoms with Crippen LogP contribution in [0.25, 0.3) is 0 Å². The molecule has 0 saturated heterocycles. The fourth-order valence-electron chi connectivity index (χ4n) is 2.05. The van der Waals surface area contributed by atoms with E-state index in [4.69, 9.17) is 23.2 Å². The van der Waals surface area contributed by atoms with Crippen LogP contribution in [0, 0.1) is 15.9 Å². The van der Waals surface area contributed by atoms with E-state index in [0.29, 0.717) is 5.56 Å². The Kier molecular flexibility index (Phi) is 5.18. The first kappa shape index (κ1) is 17.2. The lowest BCUT2D eigenvalue weighted by molar-refractivity contribution is -0.385. The van der Waals surface area contributed by atoms with Crippen molar-refractivity contribution >= 4 is 34.8 Å². The Labute approximate surface area is 141 Å². The highest BCUT2D eigenvalue weighted by molar-refractivity contribution is 6.35. The summed E-state index contributed by atoms with van der Waals surface area (Å²) in [4.78, 5) is 22.6. The normalized spacial score (nSPS) is 11.8. The molecule has 2 rings (SSSR count). The van der Waals surface area contributed by atoms with Crippen LogP contribution in [-0.2, 0) is 0 Å². The largest absolute Gasteiger partial charge is 0.345 e. The summed E-state index contributed by atoms with van der Waals surface area (Å²) in [5.74, 6) is -1.32. The number of benzene rings is 2. The van der Waals surface area contributed by atoms with Gasteiger partial charge >= 0.3 is 0 Å². The van der Waals surface area contributed by atoms with E-state index in [-0.39, 0.29) is 21.3 Å². The smallest absolute Gasteiger partial charge is 0.282 e. The van der Waals surface area contributed by atoms with Gasteiger partial charge in [-0.2, -0.15) is 0 Å². The molecule has 1 unspecified atom stereocenters. The highest BCUT2D eigenvalue weighted by atomic mass is 35.5. The number of nitro groups is 1. The number of amides is 1. The van der Waals surface area contributed by atoms with Gasteiger partial charge in [-0.05, 0) is 30.7 Å². The maximum absolute atomic E-state index is 13.6. The van der Waals surface area contributed by atoms with Gasteiger partial charge in [0.05, 0.1) is 16.0 Å². The van der Waals surface area contributed by atoms with Crippen molar-refractivity contribution in [3.63, 3.8) is 0 Å². The van der Waals surface area contributed by atoms with Crippen molar-refractivity contribution in [2.24, 2.45) is 0 Å². The van der Waals surface area contributed by atoms with Crippen LogP contribution in [0.2, 0.25) is 10.0 Å². The van der Waals surface area contributed by atoms with Crippen LogP contribution < -0.4 is 5.32 Å². The number of nitrogens with zero attached hydrogens (tertiary/aromatic N) is 1. The minimum absolute atomic E-state index is 0.0880. The maximum atomic E-state index is 13.6. The number of carbonyl (C=O) groups is 1. The van der Waals surface area contributed by atoms with Crippen molar-refractivity contribution in [3.05, 3.63) is 73.5 Å². The summed E-state index contributed by atoms with van der Waals surface area (Å²) >= 11 is 11.6. The third-order valence-electron chi connectivity index (χ3n) is 3.20. The Morgan fingerprint density at radius 3 is 2.57 bits per heavy atom. The molecule has 1 N–H and O–H groups in total. The second-order valence-corrected chi connectivity index (χ2v) is 5.57. The second-order valence-electron chi connectivity index (χ2n) is 4.76. The van der Waals surface area contributed by atoms with Gasteiger partial charge in [0.2, 0.25) is 0 Å². The summed E-state index contributed by atoms with van der Waals surface area (Å²) in [7, 11) is 0. The second kappa shape index (κ2) is 6.93. The number of carbonyl (C=O) groups excluding carboxylic acids is 1. The zero-order valence-electron chi connectivity index (χ0n) is 11.8. The Hall–Kier alpha value is -2.18. The van der Waals surface area contributed by atoms with Gasteiger partial charge in [0.1, 0.15) is 11.4 Å². The van der Waals surface area contributed by atoms with Crippen LogP contribution in [0.15, 0.2) is 36.4 Å². The van der Waals surface area contributed by atoms with E-state index in [1.165, 1.54) is 30.3 Å². The average Bonchev–Trinajstić information content (AvgIpc) is 2.50. The third-order valence-corrected chi connectivity index (χ3v) is 3.82. The van der Waals surface area contributed by atoms with Crippen LogP contribution in [0.1, 0.15) is 28.9 Å². The first-order valence-corrected chi connectivity index (χ1v) is 7.25. The average molecular weight is 357 g/mol. The standard InChI is InChI=1S/C15H11Cl2FN2O3/c1-8(10-6-13(18)12(17)7-11(10)16)19-15(21)9-4-2-3-5-14(9)20(22)23/h2-8H,1H3,(H,19,21). The van der Waals surface area contributed by atoms with Crippen LogP contribution in [0.3, 0.4) is 0 Å². The summed E-state index contributed by atoms with van der Waals surface area (Å²) in [6.45, 7) is 1.58. The lowest BCUT2D eigenvalue weighted by atomic mass is 10.1. The molecule has 0 fully saturated rings. The predicted molar refractivity (Wildman–Crippen MR) is 85.4 cm³/mol. The predicted octanol–water partition coefficient (Wildman–Crippen LogP) is 4.53. The fraction of sp³-hybridized carbons (Fsp3) is 0.133. The topological polar surface area (TPSA) is 72.2 Å². The van der Waals surface area contributed by atoms with E-state index in [9.17, 15) is 19.3 Å². The SMILES string of the molecule is CC(NC(=O)c1ccccc1[N+](=O)[O-])c1cc(F)c(Cl)cc1Cl. The van der Waals surface area contributed by atoms with E-state index in [1.807, 2.05) is 0 Å². The molecule has 23 heavy (non-hydrogen) atoms. The van der Waals surface area contributed by atoms with E-state index >= 15 is 0 Å².